The van der Waals surface area contributed by atoms with Gasteiger partial charge in [0.1, 0.15) is 5.82 Å². The van der Waals surface area contributed by atoms with Crippen LogP contribution in [0.25, 0.3) is 0 Å². The minimum absolute atomic E-state index is 0.302. The third-order valence-corrected chi connectivity index (χ3v) is 2.91. The zero-order valence-corrected chi connectivity index (χ0v) is 11.4. The fourth-order valence-corrected chi connectivity index (χ4v) is 1.75. The first-order valence-corrected chi connectivity index (χ1v) is 6.18. The van der Waals surface area contributed by atoms with Crippen LogP contribution in [0.15, 0.2) is 18.2 Å². The van der Waals surface area contributed by atoms with Crippen molar-refractivity contribution in [1.82, 2.24) is 5.32 Å². The quantitative estimate of drug-likeness (QED) is 0.803. The molecule has 0 radical (unpaired) electrons. The van der Waals surface area contributed by atoms with Crippen LogP contribution in [0.4, 0.5) is 4.39 Å². The highest BCUT2D eigenvalue weighted by Crippen LogP contribution is 2.15. The average molecular weight is 276 g/mol. The third-order valence-electron chi connectivity index (χ3n) is 2.67. The summed E-state index contributed by atoms with van der Waals surface area (Å²) in [5.41, 5.74) is -0.379. The van der Waals surface area contributed by atoms with E-state index in [0.29, 0.717) is 36.7 Å². The number of hydrogen-bond donors (Lipinski definition) is 2. The first-order chi connectivity index (χ1) is 8.44. The van der Waals surface area contributed by atoms with Crippen molar-refractivity contribution in [2.75, 3.05) is 20.3 Å². The highest BCUT2D eigenvalue weighted by Gasteiger charge is 2.19. The Kier molecular flexibility index (Phi) is 6.02. The highest BCUT2D eigenvalue weighted by atomic mass is 35.5. The van der Waals surface area contributed by atoms with E-state index >= 15 is 0 Å². The lowest BCUT2D eigenvalue weighted by Gasteiger charge is -2.23. The van der Waals surface area contributed by atoms with Crippen LogP contribution in [0.5, 0.6) is 0 Å². The minimum atomic E-state index is -0.870. The van der Waals surface area contributed by atoms with Gasteiger partial charge in [0.05, 0.1) is 5.60 Å². The molecule has 0 aromatic heterocycles. The van der Waals surface area contributed by atoms with E-state index < -0.39 is 5.60 Å². The van der Waals surface area contributed by atoms with Crippen LogP contribution in [0.1, 0.15) is 18.9 Å². The first kappa shape index (κ1) is 15.4. The smallest absolute Gasteiger partial charge is 0.127 e. The van der Waals surface area contributed by atoms with Crippen molar-refractivity contribution in [3.05, 3.63) is 34.6 Å². The molecule has 2 N–H and O–H groups in total. The zero-order chi connectivity index (χ0) is 13.6. The van der Waals surface area contributed by atoms with Crippen molar-refractivity contribution in [3.8, 4) is 0 Å². The average Bonchev–Trinajstić information content (AvgIpc) is 2.31. The lowest BCUT2D eigenvalue weighted by molar-refractivity contribution is 0.0247. The molecule has 0 fully saturated rings. The number of benzene rings is 1. The summed E-state index contributed by atoms with van der Waals surface area (Å²) in [6.45, 7) is 2.89. The molecule has 0 saturated heterocycles. The summed E-state index contributed by atoms with van der Waals surface area (Å²) in [7, 11) is 1.59. The summed E-state index contributed by atoms with van der Waals surface area (Å²) in [5, 5.41) is 13.5. The van der Waals surface area contributed by atoms with E-state index in [9.17, 15) is 9.50 Å². The Balaban J connectivity index is 2.43. The Hall–Kier alpha value is -0.680. The van der Waals surface area contributed by atoms with Crippen molar-refractivity contribution in [2.45, 2.75) is 25.5 Å². The SMILES string of the molecule is COCCC(C)(O)CNCc1cc(Cl)ccc1F. The number of nitrogens with one attached hydrogen (secondary N) is 1. The number of aliphatic hydroxyl groups is 1. The third kappa shape index (κ3) is 5.31. The van der Waals surface area contributed by atoms with Crippen LogP contribution in [0.2, 0.25) is 5.02 Å². The van der Waals surface area contributed by atoms with Crippen LogP contribution < -0.4 is 5.32 Å². The van der Waals surface area contributed by atoms with Gasteiger partial charge in [-0.1, -0.05) is 11.6 Å². The van der Waals surface area contributed by atoms with Gasteiger partial charge in [0.25, 0.3) is 0 Å². The molecule has 0 aliphatic rings. The van der Waals surface area contributed by atoms with E-state index in [0.717, 1.165) is 0 Å². The van der Waals surface area contributed by atoms with E-state index in [1.165, 1.54) is 12.1 Å². The highest BCUT2D eigenvalue weighted by molar-refractivity contribution is 6.30. The van der Waals surface area contributed by atoms with Gasteiger partial charge in [-0.3, -0.25) is 0 Å². The van der Waals surface area contributed by atoms with Gasteiger partial charge in [-0.05, 0) is 25.1 Å². The van der Waals surface area contributed by atoms with E-state index in [-0.39, 0.29) is 5.82 Å². The topological polar surface area (TPSA) is 41.5 Å². The molecule has 1 atom stereocenters. The summed E-state index contributed by atoms with van der Waals surface area (Å²) < 4.78 is 18.3. The Morgan fingerprint density at radius 3 is 2.89 bits per heavy atom. The van der Waals surface area contributed by atoms with Crippen molar-refractivity contribution in [1.29, 1.82) is 0 Å². The molecule has 0 spiro atoms. The van der Waals surface area contributed by atoms with E-state index in [2.05, 4.69) is 5.32 Å². The predicted octanol–water partition coefficient (Wildman–Crippen LogP) is 2.36. The van der Waals surface area contributed by atoms with Crippen LogP contribution in [0.3, 0.4) is 0 Å². The second-order valence-electron chi connectivity index (χ2n) is 4.58. The molecular formula is C13H19ClFNO2. The van der Waals surface area contributed by atoms with Crippen molar-refractivity contribution in [2.24, 2.45) is 0 Å². The van der Waals surface area contributed by atoms with Gasteiger partial charge in [0.15, 0.2) is 0 Å². The van der Waals surface area contributed by atoms with Gasteiger partial charge in [-0.25, -0.2) is 4.39 Å². The zero-order valence-electron chi connectivity index (χ0n) is 10.7. The van der Waals surface area contributed by atoms with E-state index in [1.807, 2.05) is 0 Å². The summed E-state index contributed by atoms with van der Waals surface area (Å²) >= 11 is 5.79. The van der Waals surface area contributed by atoms with Crippen molar-refractivity contribution in [3.63, 3.8) is 0 Å². The van der Waals surface area contributed by atoms with Crippen LogP contribution in [-0.4, -0.2) is 31.0 Å². The lowest BCUT2D eigenvalue weighted by Crippen LogP contribution is -2.38. The van der Waals surface area contributed by atoms with Gasteiger partial charge in [0, 0.05) is 43.8 Å². The first-order valence-electron chi connectivity index (χ1n) is 5.80. The molecule has 1 unspecified atom stereocenters. The van der Waals surface area contributed by atoms with E-state index in [4.69, 9.17) is 16.3 Å². The molecule has 0 aliphatic carbocycles. The van der Waals surface area contributed by atoms with Crippen LogP contribution >= 0.6 is 11.6 Å². The predicted molar refractivity (Wildman–Crippen MR) is 70.2 cm³/mol. The normalized spacial score (nSPS) is 14.5. The molecule has 0 bridgehead atoms. The molecule has 1 aromatic carbocycles. The second kappa shape index (κ2) is 7.04. The second-order valence-corrected chi connectivity index (χ2v) is 5.02. The summed E-state index contributed by atoms with van der Waals surface area (Å²) in [6.07, 6.45) is 0.522. The van der Waals surface area contributed by atoms with Gasteiger partial charge in [-0.2, -0.15) is 0 Å². The number of ether oxygens (including phenoxy) is 1. The largest absolute Gasteiger partial charge is 0.389 e. The van der Waals surface area contributed by atoms with E-state index in [1.54, 1.807) is 20.1 Å². The molecule has 0 saturated carbocycles. The Morgan fingerprint density at radius 2 is 2.22 bits per heavy atom. The van der Waals surface area contributed by atoms with Gasteiger partial charge < -0.3 is 15.2 Å². The molecule has 102 valence electrons. The Labute approximate surface area is 112 Å². The molecule has 18 heavy (non-hydrogen) atoms. The maximum atomic E-state index is 13.4. The number of rotatable bonds is 7. The van der Waals surface area contributed by atoms with Crippen LogP contribution in [0, 0.1) is 5.82 Å². The molecule has 0 amide bonds. The standard InChI is InChI=1S/C13H19ClFNO2/c1-13(17,5-6-18-2)9-16-8-10-7-11(14)3-4-12(10)15/h3-4,7,16-17H,5-6,8-9H2,1-2H3. The molecule has 3 nitrogen and oxygen atoms in total. The maximum Gasteiger partial charge on any atom is 0.127 e. The number of hydrogen-bond acceptors (Lipinski definition) is 3. The fourth-order valence-electron chi connectivity index (χ4n) is 1.56. The molecular weight excluding hydrogens is 257 g/mol. The van der Waals surface area contributed by atoms with Gasteiger partial charge in [-0.15, -0.1) is 0 Å². The number of methoxy groups -OCH3 is 1. The molecule has 5 heteroatoms. The molecule has 1 rings (SSSR count). The Bertz CT molecular complexity index is 385. The lowest BCUT2D eigenvalue weighted by atomic mass is 10.0. The number of halogens is 2. The molecule has 0 heterocycles. The van der Waals surface area contributed by atoms with Gasteiger partial charge >= 0.3 is 0 Å². The van der Waals surface area contributed by atoms with Gasteiger partial charge in [0.2, 0.25) is 0 Å². The monoisotopic (exact) mass is 275 g/mol. The molecule has 0 aliphatic heterocycles. The fraction of sp³-hybridized carbons (Fsp3) is 0.538. The Morgan fingerprint density at radius 1 is 1.50 bits per heavy atom. The van der Waals surface area contributed by atoms with Crippen LogP contribution in [-0.2, 0) is 11.3 Å². The van der Waals surface area contributed by atoms with Crippen molar-refractivity contribution < 1.29 is 14.2 Å². The summed E-state index contributed by atoms with van der Waals surface area (Å²) in [4.78, 5) is 0. The summed E-state index contributed by atoms with van der Waals surface area (Å²) in [5.74, 6) is -0.302. The molecule has 1 aromatic rings. The summed E-state index contributed by atoms with van der Waals surface area (Å²) in [6, 6.07) is 4.42. The van der Waals surface area contributed by atoms with Crippen molar-refractivity contribution >= 4 is 11.6 Å². The minimum Gasteiger partial charge on any atom is -0.389 e. The maximum absolute atomic E-state index is 13.4.